The molecule has 0 aliphatic heterocycles. The second kappa shape index (κ2) is 8.36. The Kier molecular flexibility index (Phi) is 5.94. The summed E-state index contributed by atoms with van der Waals surface area (Å²) in [6, 6.07) is 11.9. The first-order valence-electron chi connectivity index (χ1n) is 8.11. The Hall–Kier alpha value is -2.05. The fraction of sp³-hybridized carbons (Fsp3) is 0.278. The van der Waals surface area contributed by atoms with E-state index in [2.05, 4.69) is 46.1 Å². The van der Waals surface area contributed by atoms with Crippen LogP contribution >= 0.6 is 23.4 Å². The second-order valence-electron chi connectivity index (χ2n) is 5.37. The smallest absolute Gasteiger partial charge is 0.277 e. The minimum absolute atomic E-state index is 0.484. The van der Waals surface area contributed by atoms with Crippen LogP contribution in [0.25, 0.3) is 11.5 Å². The van der Waals surface area contributed by atoms with E-state index in [1.807, 2.05) is 24.3 Å². The van der Waals surface area contributed by atoms with E-state index < -0.39 is 0 Å². The zero-order valence-corrected chi connectivity index (χ0v) is 15.7. The highest BCUT2D eigenvalue weighted by Crippen LogP contribution is 2.27. The molecular formula is C18H19ClN4OS. The topological polar surface area (TPSA) is 55.1 Å². The summed E-state index contributed by atoms with van der Waals surface area (Å²) in [5, 5.41) is 9.27. The van der Waals surface area contributed by atoms with Crippen molar-refractivity contribution in [2.75, 3.05) is 18.0 Å². The summed E-state index contributed by atoms with van der Waals surface area (Å²) in [5.41, 5.74) is 3.17. The summed E-state index contributed by atoms with van der Waals surface area (Å²) in [5.74, 6) is 1.23. The SMILES string of the molecule is CCN(CC)c1ccc(-c2nnc(SCc3ccnc(Cl)c3)o2)cc1. The quantitative estimate of drug-likeness (QED) is 0.432. The third kappa shape index (κ3) is 4.52. The maximum absolute atomic E-state index is 5.89. The van der Waals surface area contributed by atoms with Gasteiger partial charge in [-0.2, -0.15) is 0 Å². The summed E-state index contributed by atoms with van der Waals surface area (Å²) in [4.78, 5) is 6.26. The lowest BCUT2D eigenvalue weighted by molar-refractivity contribution is 0.466. The van der Waals surface area contributed by atoms with Crippen LogP contribution in [0.5, 0.6) is 0 Å². The molecule has 25 heavy (non-hydrogen) atoms. The number of nitrogens with zero attached hydrogens (tertiary/aromatic N) is 4. The molecule has 0 fully saturated rings. The van der Waals surface area contributed by atoms with Crippen LogP contribution in [0.2, 0.25) is 5.15 Å². The van der Waals surface area contributed by atoms with Crippen molar-refractivity contribution in [3.05, 3.63) is 53.3 Å². The van der Waals surface area contributed by atoms with Gasteiger partial charge in [-0.3, -0.25) is 0 Å². The van der Waals surface area contributed by atoms with Gasteiger partial charge in [-0.25, -0.2) is 4.98 Å². The molecule has 2 heterocycles. The molecule has 0 radical (unpaired) electrons. The molecule has 0 saturated carbocycles. The van der Waals surface area contributed by atoms with Gasteiger partial charge in [0.25, 0.3) is 5.22 Å². The summed E-state index contributed by atoms with van der Waals surface area (Å²) in [6.45, 7) is 6.26. The molecule has 0 aliphatic rings. The first-order chi connectivity index (χ1) is 12.2. The van der Waals surface area contributed by atoms with Crippen molar-refractivity contribution in [1.82, 2.24) is 15.2 Å². The van der Waals surface area contributed by atoms with Crippen LogP contribution in [0, 0.1) is 0 Å². The average Bonchev–Trinajstić information content (AvgIpc) is 3.11. The van der Waals surface area contributed by atoms with Crippen molar-refractivity contribution < 1.29 is 4.42 Å². The van der Waals surface area contributed by atoms with E-state index in [1.165, 1.54) is 17.4 Å². The molecule has 0 atom stereocenters. The Labute approximate surface area is 156 Å². The molecule has 0 spiro atoms. The Morgan fingerprint density at radius 2 is 1.84 bits per heavy atom. The van der Waals surface area contributed by atoms with Gasteiger partial charge in [0.05, 0.1) is 0 Å². The number of pyridine rings is 1. The monoisotopic (exact) mass is 374 g/mol. The summed E-state index contributed by atoms with van der Waals surface area (Å²) < 4.78 is 5.75. The Morgan fingerprint density at radius 3 is 2.52 bits per heavy atom. The predicted molar refractivity (Wildman–Crippen MR) is 102 cm³/mol. The minimum atomic E-state index is 0.484. The Morgan fingerprint density at radius 1 is 1.08 bits per heavy atom. The lowest BCUT2D eigenvalue weighted by atomic mass is 10.2. The van der Waals surface area contributed by atoms with E-state index in [1.54, 1.807) is 6.20 Å². The van der Waals surface area contributed by atoms with Crippen molar-refractivity contribution in [2.24, 2.45) is 0 Å². The van der Waals surface area contributed by atoms with E-state index in [4.69, 9.17) is 16.0 Å². The fourth-order valence-electron chi connectivity index (χ4n) is 2.47. The van der Waals surface area contributed by atoms with E-state index in [-0.39, 0.29) is 0 Å². The number of anilines is 1. The van der Waals surface area contributed by atoms with Gasteiger partial charge < -0.3 is 9.32 Å². The van der Waals surface area contributed by atoms with Crippen molar-refractivity contribution in [2.45, 2.75) is 24.8 Å². The van der Waals surface area contributed by atoms with Crippen LogP contribution in [0.15, 0.2) is 52.2 Å². The van der Waals surface area contributed by atoms with Crippen molar-refractivity contribution in [1.29, 1.82) is 0 Å². The number of hydrogen-bond donors (Lipinski definition) is 0. The van der Waals surface area contributed by atoms with Crippen LogP contribution in [0.4, 0.5) is 5.69 Å². The summed E-state index contributed by atoms with van der Waals surface area (Å²) in [6.07, 6.45) is 1.69. The second-order valence-corrected chi connectivity index (χ2v) is 6.68. The highest BCUT2D eigenvalue weighted by Gasteiger charge is 2.10. The molecule has 5 nitrogen and oxygen atoms in total. The van der Waals surface area contributed by atoms with E-state index >= 15 is 0 Å². The van der Waals surface area contributed by atoms with Gasteiger partial charge in [0.1, 0.15) is 5.15 Å². The molecule has 0 N–H and O–H groups in total. The standard InChI is InChI=1S/C18H19ClN4OS/c1-3-23(4-2)15-7-5-14(6-8-15)17-21-22-18(24-17)25-12-13-9-10-20-16(19)11-13/h5-11H,3-4,12H2,1-2H3. The molecule has 7 heteroatoms. The average molecular weight is 375 g/mol. The van der Waals surface area contributed by atoms with Crippen LogP contribution in [0.3, 0.4) is 0 Å². The highest BCUT2D eigenvalue weighted by atomic mass is 35.5. The molecule has 0 saturated heterocycles. The van der Waals surface area contributed by atoms with Crippen LogP contribution in [0.1, 0.15) is 19.4 Å². The van der Waals surface area contributed by atoms with Gasteiger partial charge in [-0.15, -0.1) is 10.2 Å². The number of benzene rings is 1. The number of hydrogen-bond acceptors (Lipinski definition) is 6. The van der Waals surface area contributed by atoms with E-state index in [9.17, 15) is 0 Å². The molecule has 0 amide bonds. The first kappa shape index (κ1) is 17.8. The summed E-state index contributed by atoms with van der Waals surface area (Å²) >= 11 is 7.37. The van der Waals surface area contributed by atoms with Gasteiger partial charge in [0.2, 0.25) is 5.89 Å². The Balaban J connectivity index is 1.66. The lowest BCUT2D eigenvalue weighted by Crippen LogP contribution is -2.21. The first-order valence-corrected chi connectivity index (χ1v) is 9.48. The zero-order valence-electron chi connectivity index (χ0n) is 14.1. The highest BCUT2D eigenvalue weighted by molar-refractivity contribution is 7.98. The van der Waals surface area contributed by atoms with Crippen LogP contribution in [-0.2, 0) is 5.75 Å². The van der Waals surface area contributed by atoms with Crippen LogP contribution < -0.4 is 4.90 Å². The zero-order chi connectivity index (χ0) is 17.6. The maximum atomic E-state index is 5.89. The minimum Gasteiger partial charge on any atom is -0.411 e. The van der Waals surface area contributed by atoms with Gasteiger partial charge in [0.15, 0.2) is 0 Å². The third-order valence-corrected chi connectivity index (χ3v) is 4.90. The molecular weight excluding hydrogens is 356 g/mol. The summed E-state index contributed by atoms with van der Waals surface area (Å²) in [7, 11) is 0. The number of thioether (sulfide) groups is 1. The van der Waals surface area contributed by atoms with Crippen LogP contribution in [-0.4, -0.2) is 28.3 Å². The van der Waals surface area contributed by atoms with Crippen molar-refractivity contribution in [3.8, 4) is 11.5 Å². The maximum Gasteiger partial charge on any atom is 0.277 e. The molecule has 3 rings (SSSR count). The number of aromatic nitrogens is 3. The molecule has 2 aromatic heterocycles. The van der Waals surface area contributed by atoms with Gasteiger partial charge in [0, 0.05) is 36.3 Å². The van der Waals surface area contributed by atoms with Gasteiger partial charge >= 0.3 is 0 Å². The van der Waals surface area contributed by atoms with Crippen molar-refractivity contribution >= 4 is 29.1 Å². The normalized spacial score (nSPS) is 10.8. The Bertz CT molecular complexity index is 818. The largest absolute Gasteiger partial charge is 0.411 e. The lowest BCUT2D eigenvalue weighted by Gasteiger charge is -2.20. The van der Waals surface area contributed by atoms with Gasteiger partial charge in [-0.1, -0.05) is 23.4 Å². The van der Waals surface area contributed by atoms with E-state index in [0.29, 0.717) is 22.0 Å². The third-order valence-electron chi connectivity index (χ3n) is 3.80. The predicted octanol–water partition coefficient (Wildman–Crippen LogP) is 4.92. The van der Waals surface area contributed by atoms with E-state index in [0.717, 1.165) is 24.2 Å². The molecule has 0 bridgehead atoms. The molecule has 0 aliphatic carbocycles. The molecule has 0 unspecified atom stereocenters. The molecule has 3 aromatic rings. The molecule has 1 aromatic carbocycles. The molecule has 130 valence electrons. The van der Waals surface area contributed by atoms with Crippen molar-refractivity contribution in [3.63, 3.8) is 0 Å². The fourth-order valence-corrected chi connectivity index (χ4v) is 3.37. The van der Waals surface area contributed by atoms with Gasteiger partial charge in [-0.05, 0) is 55.8 Å². The number of rotatable bonds is 7. The number of halogens is 1.